The van der Waals surface area contributed by atoms with Crippen LogP contribution < -0.4 is 5.32 Å². The zero-order valence-corrected chi connectivity index (χ0v) is 19.9. The zero-order valence-electron chi connectivity index (χ0n) is 16.9. The van der Waals surface area contributed by atoms with E-state index in [1.54, 1.807) is 77.6 Å². The lowest BCUT2D eigenvalue weighted by atomic mass is 9.98. The Balaban J connectivity index is 1.56. The van der Waals surface area contributed by atoms with E-state index in [4.69, 9.17) is 46.4 Å². The summed E-state index contributed by atoms with van der Waals surface area (Å²) >= 11 is 24.4. The lowest BCUT2D eigenvalue weighted by Crippen LogP contribution is -2.17. The number of hydrogen-bond acceptors (Lipinski definition) is 3. The van der Waals surface area contributed by atoms with Crippen molar-refractivity contribution in [1.82, 2.24) is 9.78 Å². The van der Waals surface area contributed by atoms with Gasteiger partial charge in [0.25, 0.3) is 5.91 Å². The highest BCUT2D eigenvalue weighted by Crippen LogP contribution is 2.25. The third-order valence-corrected chi connectivity index (χ3v) is 5.93. The number of halogens is 4. The molecular formula is C24H15Cl4N3O2. The predicted molar refractivity (Wildman–Crippen MR) is 132 cm³/mol. The Morgan fingerprint density at radius 3 is 2.18 bits per heavy atom. The minimum atomic E-state index is -0.510. The first-order valence-corrected chi connectivity index (χ1v) is 11.2. The third-order valence-electron chi connectivity index (χ3n) is 4.82. The van der Waals surface area contributed by atoms with Gasteiger partial charge in [0.05, 0.1) is 12.1 Å². The lowest BCUT2D eigenvalue weighted by Gasteiger charge is -2.09. The van der Waals surface area contributed by atoms with E-state index < -0.39 is 5.91 Å². The molecule has 3 aromatic carbocycles. The maximum Gasteiger partial charge on any atom is 0.257 e. The molecule has 33 heavy (non-hydrogen) atoms. The average Bonchev–Trinajstić information content (AvgIpc) is 3.14. The molecule has 0 bridgehead atoms. The van der Waals surface area contributed by atoms with Gasteiger partial charge in [0.15, 0.2) is 11.6 Å². The molecule has 0 aliphatic carbocycles. The topological polar surface area (TPSA) is 64.0 Å². The van der Waals surface area contributed by atoms with Crippen LogP contribution in [0.5, 0.6) is 0 Å². The monoisotopic (exact) mass is 517 g/mol. The Kier molecular flexibility index (Phi) is 7.05. The first-order valence-electron chi connectivity index (χ1n) is 9.69. The molecule has 4 rings (SSSR count). The number of ketones is 1. The van der Waals surface area contributed by atoms with Crippen molar-refractivity contribution in [2.24, 2.45) is 0 Å². The number of aromatic nitrogens is 2. The SMILES string of the molecule is O=C(Nc1nn(Cc2ccc(Cl)cc2Cl)cc1Cl)c1ccccc1C(=O)c1ccc(Cl)cc1. The summed E-state index contributed by atoms with van der Waals surface area (Å²) in [5, 5.41) is 8.81. The quantitative estimate of drug-likeness (QED) is 0.279. The van der Waals surface area contributed by atoms with Gasteiger partial charge in [-0.25, -0.2) is 0 Å². The van der Waals surface area contributed by atoms with Crippen LogP contribution in [0, 0.1) is 0 Å². The van der Waals surface area contributed by atoms with Crippen molar-refractivity contribution in [1.29, 1.82) is 0 Å². The van der Waals surface area contributed by atoms with Crippen molar-refractivity contribution < 1.29 is 9.59 Å². The highest BCUT2D eigenvalue weighted by molar-refractivity contribution is 6.35. The van der Waals surface area contributed by atoms with Crippen LogP contribution in [0.15, 0.2) is 72.9 Å². The van der Waals surface area contributed by atoms with Gasteiger partial charge in [0.1, 0.15) is 5.02 Å². The number of benzene rings is 3. The molecule has 4 aromatic rings. The molecule has 0 saturated carbocycles. The summed E-state index contributed by atoms with van der Waals surface area (Å²) < 4.78 is 1.55. The largest absolute Gasteiger partial charge is 0.304 e. The maximum atomic E-state index is 13.0. The molecule has 166 valence electrons. The van der Waals surface area contributed by atoms with E-state index in [2.05, 4.69) is 10.4 Å². The number of carbonyl (C=O) groups excluding carboxylic acids is 2. The molecule has 1 aromatic heterocycles. The van der Waals surface area contributed by atoms with Gasteiger partial charge < -0.3 is 5.32 Å². The van der Waals surface area contributed by atoms with Crippen LogP contribution in [0.2, 0.25) is 20.1 Å². The predicted octanol–water partition coefficient (Wildman–Crippen LogP) is 7.03. The van der Waals surface area contributed by atoms with Crippen LogP contribution in [-0.2, 0) is 6.54 Å². The van der Waals surface area contributed by atoms with Crippen molar-refractivity contribution in [3.63, 3.8) is 0 Å². The van der Waals surface area contributed by atoms with Gasteiger partial charge in [-0.15, -0.1) is 0 Å². The van der Waals surface area contributed by atoms with Crippen LogP contribution >= 0.6 is 46.4 Å². The van der Waals surface area contributed by atoms with E-state index in [-0.39, 0.29) is 27.8 Å². The first kappa shape index (κ1) is 23.3. The van der Waals surface area contributed by atoms with Gasteiger partial charge in [-0.1, -0.05) is 70.7 Å². The summed E-state index contributed by atoms with van der Waals surface area (Å²) in [6, 6.07) is 18.1. The summed E-state index contributed by atoms with van der Waals surface area (Å²) in [5.41, 5.74) is 1.66. The molecule has 1 heterocycles. The van der Waals surface area contributed by atoms with E-state index in [0.29, 0.717) is 27.2 Å². The van der Waals surface area contributed by atoms with E-state index in [1.165, 1.54) is 0 Å². The van der Waals surface area contributed by atoms with Gasteiger partial charge >= 0.3 is 0 Å². The van der Waals surface area contributed by atoms with Gasteiger partial charge in [-0.2, -0.15) is 5.10 Å². The number of amides is 1. The first-order chi connectivity index (χ1) is 15.8. The van der Waals surface area contributed by atoms with Crippen molar-refractivity contribution in [2.45, 2.75) is 6.54 Å². The number of nitrogens with one attached hydrogen (secondary N) is 1. The second-order valence-electron chi connectivity index (χ2n) is 7.09. The number of anilines is 1. The summed E-state index contributed by atoms with van der Waals surface area (Å²) in [4.78, 5) is 26.0. The smallest absolute Gasteiger partial charge is 0.257 e. The molecule has 0 radical (unpaired) electrons. The van der Waals surface area contributed by atoms with Gasteiger partial charge in [0.2, 0.25) is 0 Å². The third kappa shape index (κ3) is 5.40. The van der Waals surface area contributed by atoms with Crippen molar-refractivity contribution >= 4 is 63.9 Å². The molecule has 0 aliphatic rings. The maximum absolute atomic E-state index is 13.0. The number of carbonyl (C=O) groups is 2. The Labute approximate surface area is 209 Å². The lowest BCUT2D eigenvalue weighted by molar-refractivity contribution is 0.0996. The summed E-state index contributed by atoms with van der Waals surface area (Å²) in [5.74, 6) is -0.642. The molecule has 5 nitrogen and oxygen atoms in total. The van der Waals surface area contributed by atoms with E-state index in [0.717, 1.165) is 5.56 Å². The normalized spacial score (nSPS) is 10.8. The van der Waals surface area contributed by atoms with E-state index >= 15 is 0 Å². The molecule has 0 spiro atoms. The Bertz CT molecular complexity index is 1350. The summed E-state index contributed by atoms with van der Waals surface area (Å²) in [7, 11) is 0. The fraction of sp³-hybridized carbons (Fsp3) is 0.0417. The van der Waals surface area contributed by atoms with Gasteiger partial charge in [0, 0.05) is 32.4 Å². The second-order valence-corrected chi connectivity index (χ2v) is 8.78. The number of nitrogens with zero attached hydrogens (tertiary/aromatic N) is 2. The number of hydrogen-bond donors (Lipinski definition) is 1. The summed E-state index contributed by atoms with van der Waals surface area (Å²) in [6.07, 6.45) is 1.58. The Morgan fingerprint density at radius 2 is 1.48 bits per heavy atom. The molecular weight excluding hydrogens is 504 g/mol. The van der Waals surface area contributed by atoms with E-state index in [1.807, 2.05) is 0 Å². The molecule has 0 saturated heterocycles. The van der Waals surface area contributed by atoms with Gasteiger partial charge in [-0.3, -0.25) is 14.3 Å². The van der Waals surface area contributed by atoms with Crippen molar-refractivity contribution in [3.8, 4) is 0 Å². The summed E-state index contributed by atoms with van der Waals surface area (Å²) in [6.45, 7) is 0.331. The van der Waals surface area contributed by atoms with Crippen LogP contribution in [0.1, 0.15) is 31.8 Å². The molecule has 0 unspecified atom stereocenters. The molecule has 1 N–H and O–H groups in total. The van der Waals surface area contributed by atoms with Crippen LogP contribution in [0.25, 0.3) is 0 Å². The molecule has 0 fully saturated rings. The van der Waals surface area contributed by atoms with Crippen LogP contribution in [-0.4, -0.2) is 21.5 Å². The molecule has 0 atom stereocenters. The minimum absolute atomic E-state index is 0.167. The van der Waals surface area contributed by atoms with E-state index in [9.17, 15) is 9.59 Å². The minimum Gasteiger partial charge on any atom is -0.304 e. The molecule has 1 amide bonds. The fourth-order valence-corrected chi connectivity index (χ4v) is 3.99. The Hall–Kier alpha value is -2.83. The highest BCUT2D eigenvalue weighted by Gasteiger charge is 2.20. The van der Waals surface area contributed by atoms with Crippen molar-refractivity contribution in [3.05, 3.63) is 115 Å². The van der Waals surface area contributed by atoms with Crippen LogP contribution in [0.4, 0.5) is 5.82 Å². The number of rotatable bonds is 6. The standard InChI is InChI=1S/C24H15Cl4N3O2/c25-16-8-5-14(6-9-16)22(32)18-3-1-2-4-19(18)24(33)29-23-21(28)13-31(30-23)12-15-7-10-17(26)11-20(15)27/h1-11,13H,12H2,(H,29,30,33). The zero-order chi connectivity index (χ0) is 23.5. The molecule has 0 aliphatic heterocycles. The fourth-order valence-electron chi connectivity index (χ4n) is 3.20. The van der Waals surface area contributed by atoms with Crippen LogP contribution in [0.3, 0.4) is 0 Å². The second kappa shape index (κ2) is 9.98. The highest BCUT2D eigenvalue weighted by atomic mass is 35.5. The van der Waals surface area contributed by atoms with Crippen molar-refractivity contribution in [2.75, 3.05) is 5.32 Å². The average molecular weight is 519 g/mol. The van der Waals surface area contributed by atoms with Gasteiger partial charge in [-0.05, 0) is 48.0 Å². The Morgan fingerprint density at radius 1 is 0.818 bits per heavy atom. The molecule has 9 heteroatoms.